The average Bonchev–Trinajstić information content (AvgIpc) is 2.69. The third-order valence-electron chi connectivity index (χ3n) is 8.48. The number of rotatable bonds is 6. The highest BCUT2D eigenvalue weighted by molar-refractivity contribution is 5.76. The van der Waals surface area contributed by atoms with Crippen molar-refractivity contribution < 1.29 is 29.3 Å². The number of cyclic esters (lactones) is 1. The molecular formula is C25H42O6. The van der Waals surface area contributed by atoms with Gasteiger partial charge in [0.1, 0.15) is 12.2 Å². The number of hydrogen-bond acceptors (Lipinski definition) is 6. The Labute approximate surface area is 187 Å². The molecule has 3 aliphatic rings. The van der Waals surface area contributed by atoms with Crippen LogP contribution >= 0.6 is 0 Å². The normalized spacial score (nSPS) is 41.3. The molecule has 31 heavy (non-hydrogen) atoms. The second kappa shape index (κ2) is 9.78. The number of esters is 2. The van der Waals surface area contributed by atoms with Gasteiger partial charge in [0.25, 0.3) is 0 Å². The van der Waals surface area contributed by atoms with Crippen molar-refractivity contribution in [2.45, 2.75) is 110 Å². The first-order valence-corrected chi connectivity index (χ1v) is 12.3. The molecule has 3 rings (SSSR count). The van der Waals surface area contributed by atoms with Gasteiger partial charge < -0.3 is 19.7 Å². The summed E-state index contributed by atoms with van der Waals surface area (Å²) in [5.74, 6) is 0.625. The van der Waals surface area contributed by atoms with Crippen LogP contribution in [0.5, 0.6) is 0 Å². The first kappa shape index (κ1) is 24.5. The van der Waals surface area contributed by atoms with Gasteiger partial charge in [-0.25, -0.2) is 0 Å². The van der Waals surface area contributed by atoms with Crippen LogP contribution in [0, 0.1) is 35.0 Å². The van der Waals surface area contributed by atoms with E-state index in [0.29, 0.717) is 31.1 Å². The SMILES string of the molecule is CCC(C)(C)C(=O)O[C@H]1C[C@H](C)[C@@H](O)[C@@H]2CC[C@H](C)[C@H](CC[C@@H]3C[C@@H](O)CC(=O)O3)[C@H]21. The van der Waals surface area contributed by atoms with Gasteiger partial charge in [0.2, 0.25) is 0 Å². The Bertz CT molecular complexity index is 646. The Morgan fingerprint density at radius 1 is 1.13 bits per heavy atom. The zero-order chi connectivity index (χ0) is 22.9. The molecule has 2 aliphatic carbocycles. The summed E-state index contributed by atoms with van der Waals surface area (Å²) in [6, 6.07) is 0. The topological polar surface area (TPSA) is 93.1 Å². The summed E-state index contributed by atoms with van der Waals surface area (Å²) in [7, 11) is 0. The maximum absolute atomic E-state index is 12.9. The molecule has 0 aromatic carbocycles. The minimum atomic E-state index is -0.620. The Balaban J connectivity index is 1.77. The largest absolute Gasteiger partial charge is 0.462 e. The van der Waals surface area contributed by atoms with E-state index in [1.54, 1.807) is 0 Å². The van der Waals surface area contributed by atoms with E-state index in [1.165, 1.54) is 0 Å². The van der Waals surface area contributed by atoms with Crippen molar-refractivity contribution in [1.82, 2.24) is 0 Å². The number of carbonyl (C=O) groups excluding carboxylic acids is 2. The third-order valence-corrected chi connectivity index (χ3v) is 8.48. The Hall–Kier alpha value is -1.14. The van der Waals surface area contributed by atoms with Gasteiger partial charge in [-0.2, -0.15) is 0 Å². The van der Waals surface area contributed by atoms with Gasteiger partial charge in [-0.3, -0.25) is 9.59 Å². The quantitative estimate of drug-likeness (QED) is 0.612. The molecule has 9 atom stereocenters. The summed E-state index contributed by atoms with van der Waals surface area (Å²) < 4.78 is 11.6. The van der Waals surface area contributed by atoms with Gasteiger partial charge in [0.05, 0.1) is 24.0 Å². The van der Waals surface area contributed by atoms with E-state index < -0.39 is 11.5 Å². The molecule has 1 heterocycles. The van der Waals surface area contributed by atoms with Crippen molar-refractivity contribution in [3.05, 3.63) is 0 Å². The number of fused-ring (bicyclic) bond motifs is 1. The second-order valence-corrected chi connectivity index (χ2v) is 11.1. The zero-order valence-corrected chi connectivity index (χ0v) is 19.9. The lowest BCUT2D eigenvalue weighted by atomic mass is 9.57. The van der Waals surface area contributed by atoms with Crippen LogP contribution in [0.2, 0.25) is 0 Å². The molecule has 6 heteroatoms. The lowest BCUT2D eigenvalue weighted by Gasteiger charge is -2.52. The van der Waals surface area contributed by atoms with Crippen molar-refractivity contribution in [2.75, 3.05) is 0 Å². The number of ether oxygens (including phenoxy) is 2. The van der Waals surface area contributed by atoms with Crippen molar-refractivity contribution >= 4 is 11.9 Å². The Kier molecular flexibility index (Phi) is 7.73. The minimum Gasteiger partial charge on any atom is -0.462 e. The highest BCUT2D eigenvalue weighted by atomic mass is 16.6. The van der Waals surface area contributed by atoms with Crippen molar-refractivity contribution in [1.29, 1.82) is 0 Å². The predicted molar refractivity (Wildman–Crippen MR) is 117 cm³/mol. The molecule has 2 N–H and O–H groups in total. The van der Waals surface area contributed by atoms with Crippen molar-refractivity contribution in [2.24, 2.45) is 35.0 Å². The van der Waals surface area contributed by atoms with E-state index in [-0.39, 0.29) is 54.4 Å². The van der Waals surface area contributed by atoms with E-state index in [1.807, 2.05) is 20.8 Å². The van der Waals surface area contributed by atoms with Crippen LogP contribution in [0.15, 0.2) is 0 Å². The first-order valence-electron chi connectivity index (χ1n) is 12.3. The van der Waals surface area contributed by atoms with E-state index in [2.05, 4.69) is 13.8 Å². The van der Waals surface area contributed by atoms with Crippen LogP contribution in [0.25, 0.3) is 0 Å². The molecule has 0 radical (unpaired) electrons. The second-order valence-electron chi connectivity index (χ2n) is 11.1. The van der Waals surface area contributed by atoms with Crippen LogP contribution in [-0.2, 0) is 19.1 Å². The van der Waals surface area contributed by atoms with Crippen LogP contribution in [0.4, 0.5) is 0 Å². The minimum absolute atomic E-state index is 0.0797. The van der Waals surface area contributed by atoms with E-state index in [9.17, 15) is 19.8 Å². The zero-order valence-electron chi connectivity index (χ0n) is 19.9. The van der Waals surface area contributed by atoms with E-state index in [4.69, 9.17) is 9.47 Å². The molecule has 0 aromatic heterocycles. The van der Waals surface area contributed by atoms with Crippen LogP contribution < -0.4 is 0 Å². The van der Waals surface area contributed by atoms with Gasteiger partial charge in [-0.05, 0) is 69.6 Å². The van der Waals surface area contributed by atoms with E-state index >= 15 is 0 Å². The van der Waals surface area contributed by atoms with Crippen LogP contribution in [0.1, 0.15) is 86.0 Å². The average molecular weight is 439 g/mol. The number of carbonyl (C=O) groups is 2. The maximum atomic E-state index is 12.9. The van der Waals surface area contributed by atoms with Crippen LogP contribution in [0.3, 0.4) is 0 Å². The predicted octanol–water partition coefficient (Wildman–Crippen LogP) is 3.86. The lowest BCUT2D eigenvalue weighted by molar-refractivity contribution is -0.183. The van der Waals surface area contributed by atoms with Crippen molar-refractivity contribution in [3.8, 4) is 0 Å². The number of aliphatic hydroxyl groups excluding tert-OH is 2. The van der Waals surface area contributed by atoms with Gasteiger partial charge in [0, 0.05) is 12.3 Å². The lowest BCUT2D eigenvalue weighted by Crippen LogP contribution is -2.54. The summed E-state index contributed by atoms with van der Waals surface area (Å²) in [5, 5.41) is 20.9. The molecule has 178 valence electrons. The summed E-state index contributed by atoms with van der Waals surface area (Å²) in [5.41, 5.74) is -0.517. The molecule has 1 aliphatic heterocycles. The van der Waals surface area contributed by atoms with Gasteiger partial charge in [-0.1, -0.05) is 27.2 Å². The fourth-order valence-corrected chi connectivity index (χ4v) is 6.05. The van der Waals surface area contributed by atoms with Gasteiger partial charge >= 0.3 is 11.9 Å². The molecule has 1 saturated heterocycles. The summed E-state index contributed by atoms with van der Waals surface area (Å²) in [4.78, 5) is 24.7. The summed E-state index contributed by atoms with van der Waals surface area (Å²) in [6.07, 6.45) is 4.10. The molecule has 0 amide bonds. The van der Waals surface area contributed by atoms with Gasteiger partial charge in [-0.15, -0.1) is 0 Å². The van der Waals surface area contributed by atoms with Crippen molar-refractivity contribution in [3.63, 3.8) is 0 Å². The third kappa shape index (κ3) is 5.44. The fraction of sp³-hybridized carbons (Fsp3) is 0.920. The number of aliphatic hydroxyl groups is 2. The summed E-state index contributed by atoms with van der Waals surface area (Å²) in [6.45, 7) is 10.2. The fourth-order valence-electron chi connectivity index (χ4n) is 6.05. The van der Waals surface area contributed by atoms with Gasteiger partial charge in [0.15, 0.2) is 0 Å². The molecule has 0 spiro atoms. The standard InChI is InChI=1S/C25H42O6/c1-6-25(4,5)24(29)31-20-11-15(3)23(28)19-9-7-14(2)18(22(19)20)10-8-17-12-16(26)13-21(27)30-17/h14-20,22-23,26,28H,6-13H2,1-5H3/t14-,15-,16+,17+,18-,19+,20-,22+,23+/m0/s1. The highest BCUT2D eigenvalue weighted by Gasteiger charge is 2.51. The molecule has 3 fully saturated rings. The molecule has 6 nitrogen and oxygen atoms in total. The molecule has 0 bridgehead atoms. The smallest absolute Gasteiger partial charge is 0.311 e. The summed E-state index contributed by atoms with van der Waals surface area (Å²) >= 11 is 0. The highest BCUT2D eigenvalue weighted by Crippen LogP contribution is 2.51. The Morgan fingerprint density at radius 2 is 1.84 bits per heavy atom. The van der Waals surface area contributed by atoms with E-state index in [0.717, 1.165) is 25.7 Å². The van der Waals surface area contributed by atoms with Crippen LogP contribution in [-0.4, -0.2) is 46.6 Å². The Morgan fingerprint density at radius 3 is 2.48 bits per heavy atom. The maximum Gasteiger partial charge on any atom is 0.311 e. The monoisotopic (exact) mass is 438 g/mol. The number of hydrogen-bond donors (Lipinski definition) is 2. The molecule has 2 saturated carbocycles. The molecule has 0 aromatic rings. The first-order chi connectivity index (χ1) is 14.5. The molecule has 0 unspecified atom stereocenters. The molecular weight excluding hydrogens is 396 g/mol.